The summed E-state index contributed by atoms with van der Waals surface area (Å²) in [6.45, 7) is -0.195. The van der Waals surface area contributed by atoms with Gasteiger partial charge in [-0.05, 0) is 49.8 Å². The van der Waals surface area contributed by atoms with Gasteiger partial charge < -0.3 is 15.1 Å². The first-order chi connectivity index (χ1) is 16.9. The molecule has 11 heteroatoms. The molecule has 0 spiro atoms. The van der Waals surface area contributed by atoms with Crippen molar-refractivity contribution in [1.82, 2.24) is 19.9 Å². The third-order valence-corrected chi connectivity index (χ3v) is 8.41. The van der Waals surface area contributed by atoms with Crippen molar-refractivity contribution < 1.29 is 27.2 Å². The molecule has 1 saturated carbocycles. The highest BCUT2D eigenvalue weighted by molar-refractivity contribution is 7.89. The average Bonchev–Trinajstić information content (AvgIpc) is 3.35. The minimum Gasteiger partial charge on any atom is -0.472 e. The van der Waals surface area contributed by atoms with E-state index in [0.717, 1.165) is 36.4 Å². The van der Waals surface area contributed by atoms with E-state index >= 15 is 0 Å². The van der Waals surface area contributed by atoms with Crippen molar-refractivity contribution in [3.05, 3.63) is 48.6 Å². The van der Waals surface area contributed by atoms with Crippen LogP contribution in [0.2, 0.25) is 0 Å². The highest BCUT2D eigenvalue weighted by atomic mass is 32.2. The lowest BCUT2D eigenvalue weighted by atomic mass is 9.83. The number of pyridine rings is 1. The zero-order chi connectivity index (χ0) is 24.8. The summed E-state index contributed by atoms with van der Waals surface area (Å²) in [5.41, 5.74) is 0.319. The van der Waals surface area contributed by atoms with E-state index in [9.17, 15) is 22.8 Å². The van der Waals surface area contributed by atoms with Crippen molar-refractivity contribution in [2.45, 2.75) is 62.1 Å². The van der Waals surface area contributed by atoms with Gasteiger partial charge in [0.05, 0.1) is 24.4 Å². The number of amides is 2. The van der Waals surface area contributed by atoms with Gasteiger partial charge in [0, 0.05) is 12.7 Å². The van der Waals surface area contributed by atoms with Crippen LogP contribution in [0.3, 0.4) is 0 Å². The van der Waals surface area contributed by atoms with Crippen LogP contribution in [0, 0.1) is 5.92 Å². The second-order valence-electron chi connectivity index (χ2n) is 9.04. The van der Waals surface area contributed by atoms with Gasteiger partial charge in [-0.3, -0.25) is 14.4 Å². The molecular weight excluding hydrogens is 472 g/mol. The number of rotatable bonds is 7. The molecule has 1 saturated heterocycles. The van der Waals surface area contributed by atoms with Crippen LogP contribution in [-0.2, 0) is 19.6 Å². The largest absolute Gasteiger partial charge is 0.472 e. The standard InChI is InChI=1S/C24H30N4O6S/c29-20-15-28(35(32,33)21-10-4-5-12-25-21)13-6-9-19(20)26-24(31)22(17-7-2-1-3-8-17)27-23(30)18-11-14-34-16-18/h4-5,10-12,14,16-17,19,22H,1-3,6-9,13,15H2,(H,26,31)(H,27,30)/t19?,22-/m0/s1. The lowest BCUT2D eigenvalue weighted by molar-refractivity contribution is -0.129. The van der Waals surface area contributed by atoms with E-state index < -0.39 is 33.9 Å². The number of hydrogen-bond donors (Lipinski definition) is 2. The summed E-state index contributed by atoms with van der Waals surface area (Å²) in [5, 5.41) is 5.52. The zero-order valence-electron chi connectivity index (χ0n) is 19.4. The number of furan rings is 1. The minimum atomic E-state index is -3.92. The second-order valence-corrected chi connectivity index (χ2v) is 10.9. The second kappa shape index (κ2) is 11.1. The number of hydrogen-bond acceptors (Lipinski definition) is 7. The third kappa shape index (κ3) is 5.96. The summed E-state index contributed by atoms with van der Waals surface area (Å²) < 4.78 is 32.0. The van der Waals surface area contributed by atoms with Gasteiger partial charge in [0.25, 0.3) is 15.9 Å². The van der Waals surface area contributed by atoms with Crippen LogP contribution in [0.1, 0.15) is 55.3 Å². The van der Waals surface area contributed by atoms with Crippen LogP contribution in [0.4, 0.5) is 0 Å². The Balaban J connectivity index is 1.45. The maximum absolute atomic E-state index is 13.3. The molecule has 4 rings (SSSR count). The molecule has 1 aliphatic heterocycles. The van der Waals surface area contributed by atoms with Gasteiger partial charge in [0.2, 0.25) is 5.91 Å². The molecule has 1 aliphatic carbocycles. The summed E-state index contributed by atoms with van der Waals surface area (Å²) in [4.78, 5) is 42.9. The molecule has 188 valence electrons. The number of aromatic nitrogens is 1. The van der Waals surface area contributed by atoms with Crippen molar-refractivity contribution >= 4 is 27.6 Å². The highest BCUT2D eigenvalue weighted by Crippen LogP contribution is 2.27. The Morgan fingerprint density at radius 2 is 1.89 bits per heavy atom. The molecule has 1 unspecified atom stereocenters. The van der Waals surface area contributed by atoms with Gasteiger partial charge in [0.1, 0.15) is 12.3 Å². The Bertz CT molecular complexity index is 1130. The molecule has 35 heavy (non-hydrogen) atoms. The smallest absolute Gasteiger partial charge is 0.260 e. The molecule has 0 radical (unpaired) electrons. The summed E-state index contributed by atoms with van der Waals surface area (Å²) >= 11 is 0. The lowest BCUT2D eigenvalue weighted by Crippen LogP contribution is -2.55. The summed E-state index contributed by atoms with van der Waals surface area (Å²) in [6, 6.07) is 4.49. The molecule has 2 fully saturated rings. The number of carbonyl (C=O) groups is 3. The molecule has 2 atom stereocenters. The molecule has 2 aromatic heterocycles. The van der Waals surface area contributed by atoms with E-state index in [4.69, 9.17) is 4.42 Å². The first kappa shape index (κ1) is 25.1. The number of Topliss-reactive ketones (excluding diaryl/α,β-unsaturated/α-hetero) is 1. The fraction of sp³-hybridized carbons (Fsp3) is 0.500. The van der Waals surface area contributed by atoms with E-state index in [1.807, 2.05) is 0 Å². The van der Waals surface area contributed by atoms with E-state index in [2.05, 4.69) is 15.6 Å². The predicted molar refractivity (Wildman–Crippen MR) is 126 cm³/mol. The number of carbonyl (C=O) groups excluding carboxylic acids is 3. The van der Waals surface area contributed by atoms with Crippen LogP contribution in [-0.4, -0.2) is 60.5 Å². The number of sulfonamides is 1. The van der Waals surface area contributed by atoms with E-state index in [1.165, 1.54) is 30.9 Å². The van der Waals surface area contributed by atoms with Gasteiger partial charge in [-0.2, -0.15) is 4.31 Å². The van der Waals surface area contributed by atoms with Crippen molar-refractivity contribution in [1.29, 1.82) is 0 Å². The molecule has 2 aromatic rings. The lowest BCUT2D eigenvalue weighted by Gasteiger charge is -2.31. The molecule has 2 aliphatic rings. The van der Waals surface area contributed by atoms with Gasteiger partial charge >= 0.3 is 0 Å². The Morgan fingerprint density at radius 1 is 1.09 bits per heavy atom. The number of nitrogens with one attached hydrogen (secondary N) is 2. The SMILES string of the molecule is O=C(N[C@H](C(=O)NC1CCCN(S(=O)(=O)c2ccccn2)CC1=O)C1CCCCC1)c1ccoc1. The van der Waals surface area contributed by atoms with Crippen LogP contribution < -0.4 is 10.6 Å². The molecule has 2 amide bonds. The van der Waals surface area contributed by atoms with Crippen LogP contribution >= 0.6 is 0 Å². The number of nitrogens with zero attached hydrogens (tertiary/aromatic N) is 2. The van der Waals surface area contributed by atoms with Gasteiger partial charge in [0.15, 0.2) is 10.8 Å². The summed E-state index contributed by atoms with van der Waals surface area (Å²) in [7, 11) is -3.92. The van der Waals surface area contributed by atoms with Gasteiger partial charge in [-0.25, -0.2) is 13.4 Å². The fourth-order valence-electron chi connectivity index (χ4n) is 4.73. The van der Waals surface area contributed by atoms with Crippen molar-refractivity contribution in [2.75, 3.05) is 13.1 Å². The zero-order valence-corrected chi connectivity index (χ0v) is 20.2. The van der Waals surface area contributed by atoms with Crippen LogP contribution in [0.5, 0.6) is 0 Å². The molecule has 0 bridgehead atoms. The molecule has 2 N–H and O–H groups in total. The van der Waals surface area contributed by atoms with Gasteiger partial charge in [-0.1, -0.05) is 25.3 Å². The van der Waals surface area contributed by atoms with Crippen molar-refractivity contribution in [2.24, 2.45) is 5.92 Å². The van der Waals surface area contributed by atoms with Crippen molar-refractivity contribution in [3.8, 4) is 0 Å². The molecule has 0 aromatic carbocycles. The average molecular weight is 503 g/mol. The molecular formula is C24H30N4O6S. The molecule has 10 nitrogen and oxygen atoms in total. The van der Waals surface area contributed by atoms with Gasteiger partial charge in [-0.15, -0.1) is 0 Å². The third-order valence-electron chi connectivity index (χ3n) is 6.65. The van der Waals surface area contributed by atoms with E-state index in [0.29, 0.717) is 18.4 Å². The normalized spacial score (nSPS) is 21.1. The number of ketones is 1. The topological polar surface area (TPSA) is 139 Å². The van der Waals surface area contributed by atoms with Crippen LogP contribution in [0.25, 0.3) is 0 Å². The minimum absolute atomic E-state index is 0.0403. The highest BCUT2D eigenvalue weighted by Gasteiger charge is 2.37. The van der Waals surface area contributed by atoms with E-state index in [-0.39, 0.29) is 29.8 Å². The predicted octanol–water partition coefficient (Wildman–Crippen LogP) is 1.89. The van der Waals surface area contributed by atoms with E-state index in [1.54, 1.807) is 12.1 Å². The maximum Gasteiger partial charge on any atom is 0.260 e. The Kier molecular flexibility index (Phi) is 7.97. The summed E-state index contributed by atoms with van der Waals surface area (Å²) in [6.07, 6.45) is 9.44. The first-order valence-corrected chi connectivity index (χ1v) is 13.4. The molecule has 3 heterocycles. The fourth-order valence-corrected chi connectivity index (χ4v) is 6.11. The monoisotopic (exact) mass is 502 g/mol. The quantitative estimate of drug-likeness (QED) is 0.589. The Morgan fingerprint density at radius 3 is 2.57 bits per heavy atom. The van der Waals surface area contributed by atoms with Crippen molar-refractivity contribution in [3.63, 3.8) is 0 Å². The Hall–Kier alpha value is -3.05. The van der Waals surface area contributed by atoms with Crippen LogP contribution in [0.15, 0.2) is 52.4 Å². The Labute approximate surface area is 204 Å². The first-order valence-electron chi connectivity index (χ1n) is 11.9. The summed E-state index contributed by atoms with van der Waals surface area (Å²) in [5.74, 6) is -1.27. The maximum atomic E-state index is 13.3.